The van der Waals surface area contributed by atoms with Gasteiger partial charge in [-0.25, -0.2) is 0 Å². The lowest BCUT2D eigenvalue weighted by atomic mass is 10.2. The third-order valence-electron chi connectivity index (χ3n) is 5.03. The van der Waals surface area contributed by atoms with Gasteiger partial charge in [-0.1, -0.05) is 29.3 Å². The number of aryl methyl sites for hydroxylation is 1. The van der Waals surface area contributed by atoms with Gasteiger partial charge in [0.05, 0.1) is 23.7 Å². The normalized spacial score (nSPS) is 14.0. The van der Waals surface area contributed by atoms with E-state index in [-0.39, 0.29) is 18.4 Å². The van der Waals surface area contributed by atoms with Crippen molar-refractivity contribution < 1.29 is 9.59 Å². The van der Waals surface area contributed by atoms with E-state index in [4.69, 9.17) is 23.2 Å². The number of carbonyl (C=O) groups is 2. The maximum absolute atomic E-state index is 12.6. The lowest BCUT2D eigenvalue weighted by molar-refractivity contribution is -0.129. The summed E-state index contributed by atoms with van der Waals surface area (Å²) in [6, 6.07) is 7.20. The molecule has 3 heterocycles. The van der Waals surface area contributed by atoms with Gasteiger partial charge < -0.3 is 10.2 Å². The highest BCUT2D eigenvalue weighted by atomic mass is 35.5. The maximum Gasteiger partial charge on any atom is 0.261 e. The molecule has 2 aromatic heterocycles. The van der Waals surface area contributed by atoms with Crippen molar-refractivity contribution in [1.82, 2.24) is 20.0 Å². The average Bonchev–Trinajstić information content (AvgIpc) is 3.41. The fourth-order valence-corrected chi connectivity index (χ4v) is 5.01. The van der Waals surface area contributed by atoms with Gasteiger partial charge in [-0.15, -0.1) is 11.3 Å². The summed E-state index contributed by atoms with van der Waals surface area (Å²) in [7, 11) is 0. The van der Waals surface area contributed by atoms with Gasteiger partial charge in [0, 0.05) is 28.5 Å². The minimum atomic E-state index is -0.241. The number of carbonyl (C=O) groups excluding carboxylic acids is 2. The Morgan fingerprint density at radius 1 is 1.21 bits per heavy atom. The Kier molecular flexibility index (Phi) is 5.81. The quantitative estimate of drug-likeness (QED) is 0.635. The van der Waals surface area contributed by atoms with E-state index in [2.05, 4.69) is 10.4 Å². The molecule has 3 aromatic rings. The number of thiophene rings is 1. The summed E-state index contributed by atoms with van der Waals surface area (Å²) in [6.07, 6.45) is 2.06. The van der Waals surface area contributed by atoms with Gasteiger partial charge in [-0.05, 0) is 43.5 Å². The van der Waals surface area contributed by atoms with Crippen LogP contribution in [0.15, 0.2) is 24.3 Å². The monoisotopic (exact) mass is 450 g/mol. The molecule has 0 unspecified atom stereocenters. The van der Waals surface area contributed by atoms with Crippen LogP contribution in [0.4, 0.5) is 0 Å². The number of halogens is 2. The largest absolute Gasteiger partial charge is 0.342 e. The van der Waals surface area contributed by atoms with Gasteiger partial charge in [0.2, 0.25) is 5.91 Å². The molecular formula is C20H20Cl2N4O2S. The predicted molar refractivity (Wildman–Crippen MR) is 116 cm³/mol. The maximum atomic E-state index is 12.6. The van der Waals surface area contributed by atoms with E-state index in [0.29, 0.717) is 21.5 Å². The second-order valence-electron chi connectivity index (χ2n) is 7.08. The molecular weight excluding hydrogens is 431 g/mol. The Hall–Kier alpha value is -2.09. The topological polar surface area (TPSA) is 67.2 Å². The van der Waals surface area contributed by atoms with Crippen LogP contribution in [-0.2, 0) is 11.3 Å². The zero-order valence-electron chi connectivity index (χ0n) is 15.9. The molecule has 0 saturated carbocycles. The molecule has 1 aliphatic heterocycles. The van der Waals surface area contributed by atoms with Crippen LogP contribution in [0.1, 0.15) is 33.8 Å². The first kappa shape index (κ1) is 20.2. The summed E-state index contributed by atoms with van der Waals surface area (Å²) >= 11 is 13.6. The molecule has 4 rings (SSSR count). The molecule has 0 aliphatic carbocycles. The zero-order chi connectivity index (χ0) is 20.5. The smallest absolute Gasteiger partial charge is 0.261 e. The Balaban J connectivity index is 1.50. The number of hydrogen-bond donors (Lipinski definition) is 1. The summed E-state index contributed by atoms with van der Waals surface area (Å²) in [5, 5.41) is 9.41. The fourth-order valence-electron chi connectivity index (χ4n) is 3.46. The van der Waals surface area contributed by atoms with Crippen LogP contribution >= 0.6 is 34.5 Å². The number of benzene rings is 1. The molecule has 0 bridgehead atoms. The Labute approximate surface area is 182 Å². The number of hydrogen-bond acceptors (Lipinski definition) is 4. The van der Waals surface area contributed by atoms with Crippen molar-refractivity contribution in [2.45, 2.75) is 26.3 Å². The number of fused-ring (bicyclic) bond motifs is 1. The summed E-state index contributed by atoms with van der Waals surface area (Å²) in [5.41, 5.74) is 1.74. The van der Waals surface area contributed by atoms with Crippen molar-refractivity contribution in [3.63, 3.8) is 0 Å². The third-order valence-corrected chi connectivity index (χ3v) is 6.76. The van der Waals surface area contributed by atoms with E-state index in [1.807, 2.05) is 23.7 Å². The molecule has 1 aromatic carbocycles. The standard InChI is InChI=1S/C20H20Cl2N4O2S/c1-12-15-9-17(19(28)23-10-18(27)25-6-2-3-7-25)29-20(15)26(24-12)11-13-4-5-14(21)8-16(13)22/h4-5,8-9H,2-3,6-7,10-11H2,1H3,(H,23,28). The Morgan fingerprint density at radius 2 is 1.97 bits per heavy atom. The number of amides is 2. The molecule has 1 aliphatic rings. The average molecular weight is 451 g/mol. The first-order chi connectivity index (χ1) is 13.9. The molecule has 6 nitrogen and oxygen atoms in total. The van der Waals surface area contributed by atoms with Gasteiger partial charge >= 0.3 is 0 Å². The van der Waals surface area contributed by atoms with E-state index < -0.39 is 0 Å². The lowest BCUT2D eigenvalue weighted by Crippen LogP contribution is -2.38. The molecule has 152 valence electrons. The summed E-state index contributed by atoms with van der Waals surface area (Å²) in [4.78, 5) is 28.0. The highest BCUT2D eigenvalue weighted by Gasteiger charge is 2.20. The van der Waals surface area contributed by atoms with Crippen molar-refractivity contribution in [3.8, 4) is 0 Å². The number of likely N-dealkylation sites (tertiary alicyclic amines) is 1. The van der Waals surface area contributed by atoms with Crippen molar-refractivity contribution in [1.29, 1.82) is 0 Å². The van der Waals surface area contributed by atoms with E-state index in [1.54, 1.807) is 17.0 Å². The molecule has 9 heteroatoms. The summed E-state index contributed by atoms with van der Waals surface area (Å²) in [6.45, 7) is 3.97. The zero-order valence-corrected chi connectivity index (χ0v) is 18.2. The third kappa shape index (κ3) is 4.27. The van der Waals surface area contributed by atoms with Crippen molar-refractivity contribution in [2.24, 2.45) is 0 Å². The number of aromatic nitrogens is 2. The van der Waals surface area contributed by atoms with E-state index in [1.165, 1.54) is 11.3 Å². The predicted octanol–water partition coefficient (Wildman–Crippen LogP) is 4.11. The van der Waals surface area contributed by atoms with Gasteiger partial charge in [0.1, 0.15) is 4.83 Å². The molecule has 0 radical (unpaired) electrons. The highest BCUT2D eigenvalue weighted by Crippen LogP contribution is 2.30. The highest BCUT2D eigenvalue weighted by molar-refractivity contribution is 7.20. The van der Waals surface area contributed by atoms with Gasteiger partial charge in [0.25, 0.3) is 5.91 Å². The van der Waals surface area contributed by atoms with Gasteiger partial charge in [-0.3, -0.25) is 14.3 Å². The number of rotatable bonds is 5. The lowest BCUT2D eigenvalue weighted by Gasteiger charge is -2.15. The van der Waals surface area contributed by atoms with Crippen molar-refractivity contribution >= 4 is 56.6 Å². The summed E-state index contributed by atoms with van der Waals surface area (Å²) < 4.78 is 1.84. The SMILES string of the molecule is Cc1nn(Cc2ccc(Cl)cc2Cl)c2sc(C(=O)NCC(=O)N3CCCC3)cc12. The Bertz CT molecular complexity index is 1090. The van der Waals surface area contributed by atoms with Crippen LogP contribution in [0.3, 0.4) is 0 Å². The van der Waals surface area contributed by atoms with Crippen molar-refractivity contribution in [3.05, 3.63) is 50.4 Å². The van der Waals surface area contributed by atoms with Crippen molar-refractivity contribution in [2.75, 3.05) is 19.6 Å². The molecule has 1 N–H and O–H groups in total. The minimum Gasteiger partial charge on any atom is -0.342 e. The van der Waals surface area contributed by atoms with Crippen LogP contribution in [0.5, 0.6) is 0 Å². The fraction of sp³-hybridized carbons (Fsp3) is 0.350. The molecule has 29 heavy (non-hydrogen) atoms. The van der Waals surface area contributed by atoms with E-state index in [0.717, 1.165) is 47.4 Å². The molecule has 1 saturated heterocycles. The first-order valence-electron chi connectivity index (χ1n) is 9.39. The van der Waals surface area contributed by atoms with E-state index in [9.17, 15) is 9.59 Å². The molecule has 2 amide bonds. The Morgan fingerprint density at radius 3 is 2.69 bits per heavy atom. The van der Waals surface area contributed by atoms with Crippen LogP contribution in [-0.4, -0.2) is 46.1 Å². The van der Waals surface area contributed by atoms with Gasteiger partial charge in [0.15, 0.2) is 0 Å². The minimum absolute atomic E-state index is 0.0264. The van der Waals surface area contributed by atoms with Crippen LogP contribution in [0, 0.1) is 6.92 Å². The molecule has 0 atom stereocenters. The first-order valence-corrected chi connectivity index (χ1v) is 11.0. The molecule has 0 spiro atoms. The molecule has 1 fully saturated rings. The van der Waals surface area contributed by atoms with E-state index >= 15 is 0 Å². The second-order valence-corrected chi connectivity index (χ2v) is 8.95. The van der Waals surface area contributed by atoms with Gasteiger partial charge in [-0.2, -0.15) is 5.10 Å². The second kappa shape index (κ2) is 8.34. The van der Waals surface area contributed by atoms with Crippen LogP contribution in [0.25, 0.3) is 10.2 Å². The summed E-state index contributed by atoms with van der Waals surface area (Å²) in [5.74, 6) is -0.272. The number of nitrogens with zero attached hydrogens (tertiary/aromatic N) is 3. The number of nitrogens with one attached hydrogen (secondary N) is 1. The van der Waals surface area contributed by atoms with Crippen LogP contribution in [0.2, 0.25) is 10.0 Å². The van der Waals surface area contributed by atoms with Crippen LogP contribution < -0.4 is 5.32 Å².